The van der Waals surface area contributed by atoms with E-state index in [-0.39, 0.29) is 18.1 Å². The molecule has 0 bridgehead atoms. The lowest BCUT2D eigenvalue weighted by atomic mass is 10.1. The van der Waals surface area contributed by atoms with Gasteiger partial charge in [-0.3, -0.25) is 14.2 Å². The van der Waals surface area contributed by atoms with Gasteiger partial charge in [-0.05, 0) is 48.7 Å². The summed E-state index contributed by atoms with van der Waals surface area (Å²) in [4.78, 5) is 25.4. The Kier molecular flexibility index (Phi) is 7.85. The third kappa shape index (κ3) is 5.79. The average Bonchev–Trinajstić information content (AvgIpc) is 3.33. The molecule has 0 amide bonds. The fourth-order valence-corrected chi connectivity index (χ4v) is 3.82. The third-order valence-corrected chi connectivity index (χ3v) is 6.17. The van der Waals surface area contributed by atoms with Crippen LogP contribution >= 0.6 is 11.6 Å². The molecule has 2 atom stereocenters. The van der Waals surface area contributed by atoms with Gasteiger partial charge in [0, 0.05) is 22.8 Å². The fourth-order valence-electron chi connectivity index (χ4n) is 3.69. The minimum absolute atomic E-state index is 0.0267. The Morgan fingerprint density at radius 3 is 2.46 bits per heavy atom. The van der Waals surface area contributed by atoms with Gasteiger partial charge in [0.15, 0.2) is 11.5 Å². The zero-order chi connectivity index (χ0) is 26.7. The van der Waals surface area contributed by atoms with Crippen molar-refractivity contribution in [3.8, 4) is 28.3 Å². The molecule has 2 aromatic heterocycles. The van der Waals surface area contributed by atoms with Gasteiger partial charge in [0.05, 0.1) is 12.8 Å². The molecule has 0 radical (unpaired) electrons. The van der Waals surface area contributed by atoms with Crippen molar-refractivity contribution in [3.05, 3.63) is 76.4 Å². The Morgan fingerprint density at radius 2 is 1.78 bits per heavy atom. The summed E-state index contributed by atoms with van der Waals surface area (Å²) in [5, 5.41) is 5.04. The van der Waals surface area contributed by atoms with E-state index in [1.807, 2.05) is 26.0 Å². The summed E-state index contributed by atoms with van der Waals surface area (Å²) < 4.78 is 19.7. The standard InChI is InChI=1S/C27H29ClN4O5/c1-16(2)25(29)27(34)37-17(3)14-36-23-10-9-21(12-24(23)35-4)31-15-30-32-13-19(11-22(32)26(31)33)18-5-7-20(28)8-6-18/h5-13,15-17,25H,14,29H2,1-4H3/t17?,25-/m0/s1. The molecule has 0 spiro atoms. The molecular formula is C27H29ClN4O5. The number of nitrogens with two attached hydrogens (primary N) is 1. The molecule has 0 aliphatic carbocycles. The first-order valence-corrected chi connectivity index (χ1v) is 12.2. The zero-order valence-corrected chi connectivity index (χ0v) is 21.8. The molecule has 4 aromatic rings. The van der Waals surface area contributed by atoms with Gasteiger partial charge in [-0.25, -0.2) is 4.52 Å². The number of nitrogens with zero attached hydrogens (tertiary/aromatic N) is 3. The van der Waals surface area contributed by atoms with Crippen LogP contribution in [-0.4, -0.2) is 46.0 Å². The molecule has 0 aliphatic heterocycles. The average molecular weight is 525 g/mol. The van der Waals surface area contributed by atoms with E-state index in [4.69, 9.17) is 31.5 Å². The molecular weight excluding hydrogens is 496 g/mol. The van der Waals surface area contributed by atoms with E-state index >= 15 is 0 Å². The Hall–Kier alpha value is -3.82. The first kappa shape index (κ1) is 26.2. The minimum Gasteiger partial charge on any atom is -0.493 e. The van der Waals surface area contributed by atoms with Crippen molar-refractivity contribution in [2.24, 2.45) is 11.7 Å². The molecule has 1 unspecified atom stereocenters. The molecule has 9 nitrogen and oxygen atoms in total. The van der Waals surface area contributed by atoms with E-state index in [1.54, 1.807) is 54.0 Å². The van der Waals surface area contributed by atoms with Crippen LogP contribution in [0.3, 0.4) is 0 Å². The monoisotopic (exact) mass is 524 g/mol. The maximum absolute atomic E-state index is 13.3. The number of hydrogen-bond donors (Lipinski definition) is 1. The predicted octanol–water partition coefficient (Wildman–Crippen LogP) is 4.11. The lowest BCUT2D eigenvalue weighted by Gasteiger charge is -2.20. The summed E-state index contributed by atoms with van der Waals surface area (Å²) >= 11 is 5.99. The summed E-state index contributed by atoms with van der Waals surface area (Å²) in [7, 11) is 1.51. The number of esters is 1. The van der Waals surface area contributed by atoms with Crippen LogP contribution in [0.25, 0.3) is 22.3 Å². The SMILES string of the molecule is COc1cc(-n2cnn3cc(-c4ccc(Cl)cc4)cc3c2=O)ccc1OCC(C)OC(=O)[C@@H](N)C(C)C. The lowest BCUT2D eigenvalue weighted by Crippen LogP contribution is -2.39. The highest BCUT2D eigenvalue weighted by atomic mass is 35.5. The molecule has 4 rings (SSSR count). The van der Waals surface area contributed by atoms with Gasteiger partial charge in [-0.1, -0.05) is 37.6 Å². The fraction of sp³-hybridized carbons (Fsp3) is 0.296. The van der Waals surface area contributed by atoms with Crippen LogP contribution in [0.4, 0.5) is 0 Å². The highest BCUT2D eigenvalue weighted by Crippen LogP contribution is 2.30. The number of fused-ring (bicyclic) bond motifs is 1. The van der Waals surface area contributed by atoms with Crippen LogP contribution in [0.1, 0.15) is 20.8 Å². The van der Waals surface area contributed by atoms with Crippen LogP contribution in [0.5, 0.6) is 11.5 Å². The number of aromatic nitrogens is 3. The number of hydrogen-bond acceptors (Lipinski definition) is 7. The van der Waals surface area contributed by atoms with E-state index in [0.717, 1.165) is 11.1 Å². The second-order valence-corrected chi connectivity index (χ2v) is 9.47. The number of halogens is 1. The van der Waals surface area contributed by atoms with Gasteiger partial charge < -0.3 is 19.9 Å². The maximum atomic E-state index is 13.3. The van der Waals surface area contributed by atoms with Gasteiger partial charge in [-0.15, -0.1) is 0 Å². The summed E-state index contributed by atoms with van der Waals surface area (Å²) in [6.45, 7) is 5.54. The van der Waals surface area contributed by atoms with Crippen molar-refractivity contribution in [3.63, 3.8) is 0 Å². The van der Waals surface area contributed by atoms with Gasteiger partial charge in [0.1, 0.15) is 30.6 Å². The predicted molar refractivity (Wildman–Crippen MR) is 142 cm³/mol. The lowest BCUT2D eigenvalue weighted by molar-refractivity contribution is -0.152. The maximum Gasteiger partial charge on any atom is 0.323 e. The number of benzene rings is 2. The van der Waals surface area contributed by atoms with Crippen molar-refractivity contribution in [2.45, 2.75) is 32.9 Å². The van der Waals surface area contributed by atoms with Gasteiger partial charge in [0.25, 0.3) is 5.56 Å². The zero-order valence-electron chi connectivity index (χ0n) is 21.1. The second-order valence-electron chi connectivity index (χ2n) is 9.04. The van der Waals surface area contributed by atoms with Crippen LogP contribution in [-0.2, 0) is 9.53 Å². The number of ether oxygens (including phenoxy) is 3. The van der Waals surface area contributed by atoms with Crippen LogP contribution in [0, 0.1) is 5.92 Å². The minimum atomic E-state index is -0.691. The third-order valence-electron chi connectivity index (χ3n) is 5.91. The van der Waals surface area contributed by atoms with Crippen LogP contribution < -0.4 is 20.8 Å². The molecule has 10 heteroatoms. The van der Waals surface area contributed by atoms with Crippen molar-refractivity contribution in [1.29, 1.82) is 0 Å². The van der Waals surface area contributed by atoms with Crippen molar-refractivity contribution in [2.75, 3.05) is 13.7 Å². The van der Waals surface area contributed by atoms with Gasteiger partial charge in [0.2, 0.25) is 0 Å². The summed E-state index contributed by atoms with van der Waals surface area (Å²) in [5.74, 6) is 0.359. The summed E-state index contributed by atoms with van der Waals surface area (Å²) in [6, 6.07) is 13.6. The molecule has 2 N–H and O–H groups in total. The first-order chi connectivity index (χ1) is 17.7. The Morgan fingerprint density at radius 1 is 1.05 bits per heavy atom. The number of carbonyl (C=O) groups excluding carboxylic acids is 1. The molecule has 2 aromatic carbocycles. The van der Waals surface area contributed by atoms with Crippen molar-refractivity contribution >= 4 is 23.1 Å². The van der Waals surface area contributed by atoms with E-state index in [1.165, 1.54) is 18.0 Å². The van der Waals surface area contributed by atoms with Gasteiger partial charge >= 0.3 is 5.97 Å². The number of methoxy groups -OCH3 is 1. The highest BCUT2D eigenvalue weighted by molar-refractivity contribution is 6.30. The van der Waals surface area contributed by atoms with Crippen molar-refractivity contribution < 1.29 is 19.0 Å². The smallest absolute Gasteiger partial charge is 0.323 e. The summed E-state index contributed by atoms with van der Waals surface area (Å²) in [5.41, 5.74) is 8.35. The molecule has 0 saturated carbocycles. The highest BCUT2D eigenvalue weighted by Gasteiger charge is 2.21. The van der Waals surface area contributed by atoms with Gasteiger partial charge in [-0.2, -0.15) is 5.10 Å². The molecule has 0 fully saturated rings. The molecule has 2 heterocycles. The molecule has 0 saturated heterocycles. The first-order valence-electron chi connectivity index (χ1n) is 11.8. The number of carbonyl (C=O) groups is 1. The van der Waals surface area contributed by atoms with Crippen LogP contribution in [0.2, 0.25) is 5.02 Å². The molecule has 0 aliphatic rings. The van der Waals surface area contributed by atoms with E-state index in [9.17, 15) is 9.59 Å². The Balaban J connectivity index is 1.54. The Labute approximate surface area is 219 Å². The normalized spacial score (nSPS) is 12.9. The van der Waals surface area contributed by atoms with E-state index in [0.29, 0.717) is 27.7 Å². The second kappa shape index (κ2) is 11.1. The van der Waals surface area contributed by atoms with E-state index in [2.05, 4.69) is 5.10 Å². The quantitative estimate of drug-likeness (QED) is 0.328. The Bertz CT molecular complexity index is 1460. The largest absolute Gasteiger partial charge is 0.493 e. The molecule has 37 heavy (non-hydrogen) atoms. The van der Waals surface area contributed by atoms with E-state index < -0.39 is 18.1 Å². The summed E-state index contributed by atoms with van der Waals surface area (Å²) in [6.07, 6.45) is 2.74. The molecule has 194 valence electrons. The number of rotatable bonds is 9. The van der Waals surface area contributed by atoms with Crippen LogP contribution in [0.15, 0.2) is 65.8 Å². The topological polar surface area (TPSA) is 110 Å². The van der Waals surface area contributed by atoms with Crippen molar-refractivity contribution in [1.82, 2.24) is 14.2 Å².